The molecule has 0 unspecified atom stereocenters. The van der Waals surface area contributed by atoms with E-state index >= 15 is 0 Å². The predicted molar refractivity (Wildman–Crippen MR) is 73.8 cm³/mol. The third kappa shape index (κ3) is 2.47. The van der Waals surface area contributed by atoms with Crippen molar-refractivity contribution in [2.45, 2.75) is 6.42 Å². The molecule has 0 atom stereocenters. The van der Waals surface area contributed by atoms with Crippen LogP contribution < -0.4 is 5.46 Å². The predicted octanol–water partition coefficient (Wildman–Crippen LogP) is 2.49. The molecule has 0 radical (unpaired) electrons. The van der Waals surface area contributed by atoms with E-state index in [1.54, 1.807) is 0 Å². The highest BCUT2D eigenvalue weighted by molar-refractivity contribution is 6.61. The van der Waals surface area contributed by atoms with Crippen molar-refractivity contribution in [1.82, 2.24) is 0 Å². The van der Waals surface area contributed by atoms with Gasteiger partial charge in [0.05, 0.1) is 0 Å². The van der Waals surface area contributed by atoms with E-state index in [-0.39, 0.29) is 7.12 Å². The first-order valence-electron chi connectivity index (χ1n) is 6.32. The molecule has 1 saturated heterocycles. The van der Waals surface area contributed by atoms with Crippen LogP contribution in [-0.4, -0.2) is 20.3 Å². The lowest BCUT2D eigenvalue weighted by molar-refractivity contribution is 0.143. The lowest BCUT2D eigenvalue weighted by atomic mass is 9.77. The van der Waals surface area contributed by atoms with Crippen LogP contribution in [0.2, 0.25) is 0 Å². The Morgan fingerprint density at radius 2 is 1.50 bits per heavy atom. The lowest BCUT2D eigenvalue weighted by Crippen LogP contribution is -2.40. The third-order valence-electron chi connectivity index (χ3n) is 3.09. The van der Waals surface area contributed by atoms with E-state index < -0.39 is 0 Å². The summed E-state index contributed by atoms with van der Waals surface area (Å²) in [4.78, 5) is 0. The van der Waals surface area contributed by atoms with Gasteiger partial charge in [-0.05, 0) is 23.0 Å². The van der Waals surface area contributed by atoms with Gasteiger partial charge in [-0.25, -0.2) is 0 Å². The molecule has 1 fully saturated rings. The van der Waals surface area contributed by atoms with Gasteiger partial charge in [-0.15, -0.1) is 0 Å². The fourth-order valence-electron chi connectivity index (χ4n) is 2.18. The summed E-state index contributed by atoms with van der Waals surface area (Å²) >= 11 is 0. The van der Waals surface area contributed by atoms with Crippen LogP contribution in [0.25, 0.3) is 11.1 Å². The van der Waals surface area contributed by atoms with Crippen molar-refractivity contribution in [1.29, 1.82) is 0 Å². The molecule has 0 bridgehead atoms. The van der Waals surface area contributed by atoms with Gasteiger partial charge in [0.2, 0.25) is 0 Å². The Morgan fingerprint density at radius 1 is 0.778 bits per heavy atom. The Labute approximate surface area is 108 Å². The zero-order chi connectivity index (χ0) is 12.2. The quantitative estimate of drug-likeness (QED) is 0.748. The second-order valence-electron chi connectivity index (χ2n) is 4.42. The molecule has 2 nitrogen and oxygen atoms in total. The number of hydrogen-bond acceptors (Lipinski definition) is 2. The van der Waals surface area contributed by atoms with Crippen LogP contribution in [0, 0.1) is 0 Å². The largest absolute Gasteiger partial charge is 0.493 e. The summed E-state index contributed by atoms with van der Waals surface area (Å²) in [6, 6.07) is 18.7. The van der Waals surface area contributed by atoms with Crippen LogP contribution >= 0.6 is 0 Å². The molecule has 18 heavy (non-hydrogen) atoms. The Balaban J connectivity index is 1.89. The smallest absolute Gasteiger partial charge is 0.407 e. The van der Waals surface area contributed by atoms with Crippen molar-refractivity contribution in [3.05, 3.63) is 54.6 Å². The molecule has 0 saturated carbocycles. The van der Waals surface area contributed by atoms with Crippen LogP contribution in [-0.2, 0) is 9.31 Å². The molecule has 1 aliphatic rings. The zero-order valence-corrected chi connectivity index (χ0v) is 10.2. The summed E-state index contributed by atoms with van der Waals surface area (Å²) in [7, 11) is -0.206. The summed E-state index contributed by atoms with van der Waals surface area (Å²) in [5, 5.41) is 0. The first-order chi connectivity index (χ1) is 8.93. The fourth-order valence-corrected chi connectivity index (χ4v) is 2.18. The third-order valence-corrected chi connectivity index (χ3v) is 3.09. The van der Waals surface area contributed by atoms with Gasteiger partial charge in [-0.2, -0.15) is 0 Å². The van der Waals surface area contributed by atoms with Crippen LogP contribution in [0.5, 0.6) is 0 Å². The highest BCUT2D eigenvalue weighted by Crippen LogP contribution is 2.17. The molecular weight excluding hydrogens is 223 g/mol. The minimum atomic E-state index is -0.206. The van der Waals surface area contributed by atoms with Gasteiger partial charge in [0, 0.05) is 13.2 Å². The maximum absolute atomic E-state index is 5.63. The van der Waals surface area contributed by atoms with E-state index in [0.717, 1.165) is 25.1 Å². The first-order valence-corrected chi connectivity index (χ1v) is 6.32. The molecule has 2 aromatic carbocycles. The normalized spacial score (nSPS) is 15.7. The zero-order valence-electron chi connectivity index (χ0n) is 10.2. The van der Waals surface area contributed by atoms with Gasteiger partial charge in [-0.1, -0.05) is 54.6 Å². The van der Waals surface area contributed by atoms with Crippen molar-refractivity contribution in [2.75, 3.05) is 13.2 Å². The highest BCUT2D eigenvalue weighted by atomic mass is 16.6. The summed E-state index contributed by atoms with van der Waals surface area (Å²) in [6.07, 6.45) is 0.981. The summed E-state index contributed by atoms with van der Waals surface area (Å²) < 4.78 is 11.3. The molecule has 3 rings (SSSR count). The monoisotopic (exact) mass is 238 g/mol. The average Bonchev–Trinajstić information content (AvgIpc) is 2.49. The second-order valence-corrected chi connectivity index (χ2v) is 4.42. The van der Waals surface area contributed by atoms with E-state index in [9.17, 15) is 0 Å². The van der Waals surface area contributed by atoms with Gasteiger partial charge in [0.1, 0.15) is 0 Å². The molecule has 0 amide bonds. The maximum Gasteiger partial charge on any atom is 0.493 e. The SMILES string of the molecule is c1ccc(-c2cccc(B3OCCCO3)c2)cc1. The van der Waals surface area contributed by atoms with Crippen molar-refractivity contribution >= 4 is 12.6 Å². The van der Waals surface area contributed by atoms with Crippen molar-refractivity contribution in [3.63, 3.8) is 0 Å². The molecule has 90 valence electrons. The first kappa shape index (κ1) is 11.5. The highest BCUT2D eigenvalue weighted by Gasteiger charge is 2.24. The summed E-state index contributed by atoms with van der Waals surface area (Å²) in [5.41, 5.74) is 3.51. The van der Waals surface area contributed by atoms with Gasteiger partial charge in [-0.3, -0.25) is 0 Å². The molecule has 0 aliphatic carbocycles. The average molecular weight is 238 g/mol. The number of hydrogen-bond donors (Lipinski definition) is 0. The van der Waals surface area contributed by atoms with Gasteiger partial charge in [0.15, 0.2) is 0 Å². The molecule has 1 aliphatic heterocycles. The summed E-state index contributed by atoms with van der Waals surface area (Å²) in [6.45, 7) is 1.56. The number of benzene rings is 2. The van der Waals surface area contributed by atoms with E-state index in [2.05, 4.69) is 48.5 Å². The van der Waals surface area contributed by atoms with Crippen LogP contribution in [0.3, 0.4) is 0 Å². The minimum absolute atomic E-state index is 0.206. The molecule has 0 aromatic heterocycles. The van der Waals surface area contributed by atoms with Crippen molar-refractivity contribution < 1.29 is 9.31 Å². The van der Waals surface area contributed by atoms with Gasteiger partial charge in [0.25, 0.3) is 0 Å². The Bertz CT molecular complexity index is 507. The van der Waals surface area contributed by atoms with Crippen molar-refractivity contribution in [3.8, 4) is 11.1 Å². The molecule has 0 N–H and O–H groups in total. The van der Waals surface area contributed by atoms with E-state index in [4.69, 9.17) is 9.31 Å². The Morgan fingerprint density at radius 3 is 2.28 bits per heavy atom. The van der Waals surface area contributed by atoms with Crippen molar-refractivity contribution in [2.24, 2.45) is 0 Å². The van der Waals surface area contributed by atoms with E-state index in [0.29, 0.717) is 0 Å². The van der Waals surface area contributed by atoms with Gasteiger partial charge >= 0.3 is 7.12 Å². The standard InChI is InChI=1S/C15H15BO2/c1-2-6-13(7-3-1)14-8-4-9-15(12-14)16-17-10-5-11-18-16/h1-4,6-9,12H,5,10-11H2. The Kier molecular flexibility index (Phi) is 3.44. The number of rotatable bonds is 2. The van der Waals surface area contributed by atoms with Gasteiger partial charge < -0.3 is 9.31 Å². The molecule has 3 heteroatoms. The lowest BCUT2D eigenvalue weighted by Gasteiger charge is -2.20. The minimum Gasteiger partial charge on any atom is -0.407 e. The Hall–Kier alpha value is -1.58. The molecule has 0 spiro atoms. The van der Waals surface area contributed by atoms with Crippen LogP contribution in [0.1, 0.15) is 6.42 Å². The molecular formula is C15H15BO2. The maximum atomic E-state index is 5.63. The molecule has 1 heterocycles. The van der Waals surface area contributed by atoms with Crippen LogP contribution in [0.15, 0.2) is 54.6 Å². The summed E-state index contributed by atoms with van der Waals surface area (Å²) in [5.74, 6) is 0. The molecule has 2 aromatic rings. The van der Waals surface area contributed by atoms with Crippen LogP contribution in [0.4, 0.5) is 0 Å². The topological polar surface area (TPSA) is 18.5 Å². The fraction of sp³-hybridized carbons (Fsp3) is 0.200. The second kappa shape index (κ2) is 5.38. The van der Waals surface area contributed by atoms with E-state index in [1.807, 2.05) is 6.07 Å². The van der Waals surface area contributed by atoms with E-state index in [1.165, 1.54) is 11.1 Å².